The Morgan fingerprint density at radius 2 is 1.12 bits per heavy atom. The number of fused-ring (bicyclic) bond motifs is 1. The van der Waals surface area contributed by atoms with Crippen LogP contribution >= 0.6 is 0 Å². The van der Waals surface area contributed by atoms with Crippen LogP contribution in [0.15, 0.2) is 36.4 Å². The van der Waals surface area contributed by atoms with Crippen molar-refractivity contribution in [2.75, 3.05) is 0 Å². The molecule has 0 atom stereocenters. The van der Waals surface area contributed by atoms with Gasteiger partial charge in [0.05, 0.1) is 0 Å². The first-order valence-electron chi connectivity index (χ1n) is 4.85. The first-order chi connectivity index (χ1) is 7.61. The van der Waals surface area contributed by atoms with E-state index in [1.165, 1.54) is 0 Å². The molecule has 0 spiro atoms. The SMILES string of the molecule is OB(O)c1cccc2cccc(B(O)O)c12. The van der Waals surface area contributed by atoms with Gasteiger partial charge < -0.3 is 20.1 Å². The van der Waals surface area contributed by atoms with Gasteiger partial charge in [-0.1, -0.05) is 36.4 Å². The summed E-state index contributed by atoms with van der Waals surface area (Å²) >= 11 is 0. The second-order valence-electron chi connectivity index (χ2n) is 3.54. The van der Waals surface area contributed by atoms with Crippen molar-refractivity contribution >= 4 is 35.9 Å². The molecular formula is C10H10B2O4. The number of rotatable bonds is 2. The van der Waals surface area contributed by atoms with Crippen molar-refractivity contribution in [1.29, 1.82) is 0 Å². The molecule has 2 rings (SSSR count). The Bertz CT molecular complexity index is 470. The molecule has 0 aliphatic heterocycles. The molecule has 0 unspecified atom stereocenters. The monoisotopic (exact) mass is 216 g/mol. The summed E-state index contributed by atoms with van der Waals surface area (Å²) in [6.45, 7) is 0. The predicted molar refractivity (Wildman–Crippen MR) is 63.6 cm³/mol. The minimum absolute atomic E-state index is 0.265. The Morgan fingerprint density at radius 1 is 0.688 bits per heavy atom. The summed E-state index contributed by atoms with van der Waals surface area (Å²) in [6, 6.07) is 9.99. The molecule has 0 aromatic heterocycles. The van der Waals surface area contributed by atoms with E-state index in [0.717, 1.165) is 5.39 Å². The van der Waals surface area contributed by atoms with E-state index in [0.29, 0.717) is 5.39 Å². The number of hydrogen-bond acceptors (Lipinski definition) is 4. The summed E-state index contributed by atoms with van der Waals surface area (Å²) in [5, 5.41) is 38.1. The molecule has 4 N–H and O–H groups in total. The zero-order valence-corrected chi connectivity index (χ0v) is 8.41. The van der Waals surface area contributed by atoms with Gasteiger partial charge in [0.15, 0.2) is 0 Å². The van der Waals surface area contributed by atoms with Crippen molar-refractivity contribution in [3.63, 3.8) is 0 Å². The van der Waals surface area contributed by atoms with Gasteiger partial charge in [-0.15, -0.1) is 0 Å². The maximum absolute atomic E-state index is 9.22. The normalized spacial score (nSPS) is 10.5. The average Bonchev–Trinajstić information content (AvgIpc) is 2.27. The van der Waals surface area contributed by atoms with Crippen molar-refractivity contribution in [2.24, 2.45) is 0 Å². The summed E-state index contributed by atoms with van der Waals surface area (Å²) in [7, 11) is -3.27. The minimum Gasteiger partial charge on any atom is -0.423 e. The molecule has 0 bridgehead atoms. The maximum atomic E-state index is 9.22. The zero-order valence-electron chi connectivity index (χ0n) is 8.41. The van der Waals surface area contributed by atoms with Gasteiger partial charge in [-0.05, 0) is 21.7 Å². The lowest BCUT2D eigenvalue weighted by Gasteiger charge is -2.10. The van der Waals surface area contributed by atoms with Crippen LogP contribution < -0.4 is 10.9 Å². The zero-order chi connectivity index (χ0) is 11.7. The third-order valence-electron chi connectivity index (χ3n) is 2.53. The van der Waals surface area contributed by atoms with Crippen LogP contribution in [0, 0.1) is 0 Å². The highest BCUT2D eigenvalue weighted by Crippen LogP contribution is 2.09. The molecule has 0 radical (unpaired) electrons. The van der Waals surface area contributed by atoms with E-state index < -0.39 is 14.2 Å². The van der Waals surface area contributed by atoms with E-state index in [9.17, 15) is 20.1 Å². The van der Waals surface area contributed by atoms with E-state index >= 15 is 0 Å². The molecule has 0 saturated heterocycles. The van der Waals surface area contributed by atoms with Crippen molar-refractivity contribution in [2.45, 2.75) is 0 Å². The highest BCUT2D eigenvalue weighted by Gasteiger charge is 2.21. The molecule has 16 heavy (non-hydrogen) atoms. The third-order valence-corrected chi connectivity index (χ3v) is 2.53. The molecule has 2 aromatic carbocycles. The standard InChI is InChI=1S/C10H10B2O4/c13-11(14)8-5-1-3-7-4-2-6-9(10(7)8)12(15)16/h1-6,13-16H. The number of benzene rings is 2. The van der Waals surface area contributed by atoms with Gasteiger partial charge in [-0.3, -0.25) is 0 Å². The van der Waals surface area contributed by atoms with Gasteiger partial charge in [0.1, 0.15) is 0 Å². The molecule has 0 saturated carbocycles. The van der Waals surface area contributed by atoms with E-state index in [2.05, 4.69) is 0 Å². The van der Waals surface area contributed by atoms with Gasteiger partial charge in [0.25, 0.3) is 0 Å². The lowest BCUT2D eigenvalue weighted by Crippen LogP contribution is -2.38. The van der Waals surface area contributed by atoms with Crippen LogP contribution in [-0.2, 0) is 0 Å². The smallest absolute Gasteiger partial charge is 0.423 e. The van der Waals surface area contributed by atoms with Crippen LogP contribution in [0.5, 0.6) is 0 Å². The van der Waals surface area contributed by atoms with Crippen LogP contribution in [-0.4, -0.2) is 34.3 Å². The first-order valence-corrected chi connectivity index (χ1v) is 4.85. The van der Waals surface area contributed by atoms with E-state index in [4.69, 9.17) is 0 Å². The topological polar surface area (TPSA) is 80.9 Å². The Hall–Kier alpha value is -1.33. The summed E-state index contributed by atoms with van der Waals surface area (Å²) < 4.78 is 0. The van der Waals surface area contributed by atoms with Gasteiger partial charge in [0.2, 0.25) is 0 Å². The maximum Gasteiger partial charge on any atom is 0.489 e. The first kappa shape index (κ1) is 11.2. The predicted octanol–water partition coefficient (Wildman–Crippen LogP) is -1.80. The highest BCUT2D eigenvalue weighted by atomic mass is 16.4. The van der Waals surface area contributed by atoms with Gasteiger partial charge in [0, 0.05) is 0 Å². The second kappa shape index (κ2) is 4.27. The second-order valence-corrected chi connectivity index (χ2v) is 3.54. The number of hydrogen-bond donors (Lipinski definition) is 4. The largest absolute Gasteiger partial charge is 0.489 e. The van der Waals surface area contributed by atoms with Crippen molar-refractivity contribution in [3.05, 3.63) is 36.4 Å². The summed E-state index contributed by atoms with van der Waals surface area (Å²) in [6.07, 6.45) is 0. The van der Waals surface area contributed by atoms with E-state index in [-0.39, 0.29) is 10.9 Å². The summed E-state index contributed by atoms with van der Waals surface area (Å²) in [5.41, 5.74) is 0.530. The lowest BCUT2D eigenvalue weighted by molar-refractivity contribution is 0.426. The van der Waals surface area contributed by atoms with Gasteiger partial charge in [-0.2, -0.15) is 0 Å². The van der Waals surface area contributed by atoms with Crippen LogP contribution in [0.2, 0.25) is 0 Å². The molecule has 0 fully saturated rings. The Labute approximate surface area is 93.1 Å². The third kappa shape index (κ3) is 1.83. The fourth-order valence-electron chi connectivity index (χ4n) is 1.83. The Kier molecular flexibility index (Phi) is 2.98. The molecule has 2 aromatic rings. The molecule has 4 nitrogen and oxygen atoms in total. The fraction of sp³-hybridized carbons (Fsp3) is 0. The van der Waals surface area contributed by atoms with Gasteiger partial charge in [-0.25, -0.2) is 0 Å². The average molecular weight is 216 g/mol. The van der Waals surface area contributed by atoms with E-state index in [1.54, 1.807) is 36.4 Å². The molecule has 6 heteroatoms. The van der Waals surface area contributed by atoms with Crippen LogP contribution in [0.3, 0.4) is 0 Å². The minimum atomic E-state index is -1.64. The lowest BCUT2D eigenvalue weighted by atomic mass is 9.69. The van der Waals surface area contributed by atoms with E-state index in [1.807, 2.05) is 0 Å². The van der Waals surface area contributed by atoms with Crippen molar-refractivity contribution < 1.29 is 20.1 Å². The van der Waals surface area contributed by atoms with Gasteiger partial charge >= 0.3 is 14.2 Å². The van der Waals surface area contributed by atoms with Crippen molar-refractivity contribution in [1.82, 2.24) is 0 Å². The molecular weight excluding hydrogens is 206 g/mol. The molecule has 0 aliphatic carbocycles. The quantitative estimate of drug-likeness (QED) is 0.446. The van der Waals surface area contributed by atoms with Crippen LogP contribution in [0.1, 0.15) is 0 Å². The van der Waals surface area contributed by atoms with Crippen LogP contribution in [0.4, 0.5) is 0 Å². The Balaban J connectivity index is 2.82. The highest BCUT2D eigenvalue weighted by molar-refractivity contribution is 6.68. The molecule has 80 valence electrons. The summed E-state index contributed by atoms with van der Waals surface area (Å²) in [4.78, 5) is 0. The fourth-order valence-corrected chi connectivity index (χ4v) is 1.83. The molecule has 0 heterocycles. The Morgan fingerprint density at radius 3 is 1.50 bits per heavy atom. The van der Waals surface area contributed by atoms with Crippen molar-refractivity contribution in [3.8, 4) is 0 Å². The van der Waals surface area contributed by atoms with Crippen LogP contribution in [0.25, 0.3) is 10.8 Å². The summed E-state index contributed by atoms with van der Waals surface area (Å²) in [5.74, 6) is 0. The molecule has 0 amide bonds. The molecule has 0 aliphatic rings.